The topological polar surface area (TPSA) is 26.0 Å². The van der Waals surface area contributed by atoms with Gasteiger partial charge >= 0.3 is 0 Å². The Morgan fingerprint density at radius 2 is 2.06 bits per heavy atom. The Balaban J connectivity index is 2.23. The number of allylic oxidation sites excluding steroid dienone is 1. The van der Waals surface area contributed by atoms with Crippen molar-refractivity contribution in [3.63, 3.8) is 0 Å². The monoisotopic (exact) mass is 255 g/mol. The van der Waals surface area contributed by atoms with Gasteiger partial charge in [-0.05, 0) is 43.5 Å². The molecule has 1 rings (SSSR count). The molecule has 0 fully saturated rings. The van der Waals surface area contributed by atoms with Gasteiger partial charge in [-0.3, -0.25) is 0 Å². The molecule has 2 N–H and O–H groups in total. The number of benzene rings is 1. The fourth-order valence-electron chi connectivity index (χ4n) is 1.34. The van der Waals surface area contributed by atoms with Crippen LogP contribution in [0, 0.1) is 0 Å². The van der Waals surface area contributed by atoms with E-state index in [1.807, 2.05) is 30.3 Å². The van der Waals surface area contributed by atoms with Crippen LogP contribution < -0.4 is 5.73 Å². The molecule has 0 bridgehead atoms. The van der Waals surface area contributed by atoms with E-state index < -0.39 is 0 Å². The molecule has 1 aromatic carbocycles. The maximum Gasteiger partial charge on any atom is 0.0406 e. The third kappa shape index (κ3) is 5.59. The summed E-state index contributed by atoms with van der Waals surface area (Å²) in [6.45, 7) is 3.70. The molecule has 0 saturated heterocycles. The molecule has 1 nitrogen and oxygen atoms in total. The Kier molecular flexibility index (Phi) is 6.62. The molecule has 0 aromatic heterocycles. The largest absolute Gasteiger partial charge is 0.327 e. The van der Waals surface area contributed by atoms with Gasteiger partial charge in [-0.15, -0.1) is 18.3 Å². The normalized spacial score (nSPS) is 12.4. The predicted octanol–water partition coefficient (Wildman–Crippen LogP) is 4.12. The molecule has 0 aliphatic rings. The Hall–Kier alpha value is -0.440. The van der Waals surface area contributed by atoms with E-state index in [0.717, 1.165) is 30.0 Å². The van der Waals surface area contributed by atoms with Crippen molar-refractivity contribution >= 4 is 23.4 Å². The second kappa shape index (κ2) is 7.77. The second-order valence-corrected chi connectivity index (χ2v) is 5.27. The minimum absolute atomic E-state index is 0.264. The van der Waals surface area contributed by atoms with E-state index in [0.29, 0.717) is 0 Å². The minimum atomic E-state index is 0.264. The Morgan fingerprint density at radius 1 is 1.38 bits per heavy atom. The molecular weight excluding hydrogens is 238 g/mol. The number of halogens is 1. The van der Waals surface area contributed by atoms with E-state index in [4.69, 9.17) is 17.3 Å². The Morgan fingerprint density at radius 3 is 2.69 bits per heavy atom. The van der Waals surface area contributed by atoms with Crippen molar-refractivity contribution in [2.45, 2.75) is 30.2 Å². The molecule has 1 atom stereocenters. The van der Waals surface area contributed by atoms with Gasteiger partial charge in [0.2, 0.25) is 0 Å². The van der Waals surface area contributed by atoms with Crippen molar-refractivity contribution in [2.24, 2.45) is 5.73 Å². The van der Waals surface area contributed by atoms with Crippen LogP contribution in [0.1, 0.15) is 19.3 Å². The highest BCUT2D eigenvalue weighted by Gasteiger charge is 2.03. The molecule has 88 valence electrons. The molecule has 3 heteroatoms. The summed E-state index contributed by atoms with van der Waals surface area (Å²) in [6.07, 6.45) is 5.19. The molecular formula is C13H18ClNS. The average Bonchev–Trinajstić information content (AvgIpc) is 2.29. The average molecular weight is 256 g/mol. The summed E-state index contributed by atoms with van der Waals surface area (Å²) in [6, 6.07) is 8.15. The fraction of sp³-hybridized carbons (Fsp3) is 0.385. The van der Waals surface area contributed by atoms with Crippen LogP contribution >= 0.6 is 23.4 Å². The molecule has 0 heterocycles. The maximum atomic E-state index is 6.01. The second-order valence-electron chi connectivity index (χ2n) is 3.74. The van der Waals surface area contributed by atoms with Crippen molar-refractivity contribution in [3.05, 3.63) is 41.9 Å². The fourth-order valence-corrected chi connectivity index (χ4v) is 2.37. The lowest BCUT2D eigenvalue weighted by molar-refractivity contribution is 0.637. The molecule has 1 unspecified atom stereocenters. The zero-order chi connectivity index (χ0) is 11.8. The summed E-state index contributed by atoms with van der Waals surface area (Å²) in [7, 11) is 0. The Bertz CT molecular complexity index is 310. The summed E-state index contributed by atoms with van der Waals surface area (Å²) in [4.78, 5) is 1.23. The van der Waals surface area contributed by atoms with E-state index in [2.05, 4.69) is 6.58 Å². The quantitative estimate of drug-likeness (QED) is 0.451. The van der Waals surface area contributed by atoms with Crippen LogP contribution in [0.15, 0.2) is 41.8 Å². The van der Waals surface area contributed by atoms with Crippen molar-refractivity contribution in [2.75, 3.05) is 5.75 Å². The van der Waals surface area contributed by atoms with Gasteiger partial charge in [-0.1, -0.05) is 17.7 Å². The molecule has 1 aromatic rings. The van der Waals surface area contributed by atoms with E-state index >= 15 is 0 Å². The summed E-state index contributed by atoms with van der Waals surface area (Å²) in [5.41, 5.74) is 6.01. The lowest BCUT2D eigenvalue weighted by atomic mass is 10.1. The van der Waals surface area contributed by atoms with Crippen molar-refractivity contribution in [1.29, 1.82) is 0 Å². The molecule has 0 aliphatic carbocycles. The summed E-state index contributed by atoms with van der Waals surface area (Å²) >= 11 is 7.60. The summed E-state index contributed by atoms with van der Waals surface area (Å²) < 4.78 is 0. The van der Waals surface area contributed by atoms with Crippen LogP contribution in [0.25, 0.3) is 0 Å². The van der Waals surface area contributed by atoms with Gasteiger partial charge in [-0.2, -0.15) is 0 Å². The SMILES string of the molecule is C=CCCCC(N)CSc1ccc(Cl)cc1. The zero-order valence-electron chi connectivity index (χ0n) is 9.36. The lowest BCUT2D eigenvalue weighted by Crippen LogP contribution is -2.22. The number of hydrogen-bond donors (Lipinski definition) is 1. The van der Waals surface area contributed by atoms with Crippen molar-refractivity contribution < 1.29 is 0 Å². The highest BCUT2D eigenvalue weighted by Crippen LogP contribution is 2.21. The number of hydrogen-bond acceptors (Lipinski definition) is 2. The molecule has 16 heavy (non-hydrogen) atoms. The third-order valence-electron chi connectivity index (χ3n) is 2.26. The van der Waals surface area contributed by atoms with E-state index in [-0.39, 0.29) is 6.04 Å². The number of thioether (sulfide) groups is 1. The zero-order valence-corrected chi connectivity index (χ0v) is 10.9. The van der Waals surface area contributed by atoms with Crippen LogP contribution in [0.3, 0.4) is 0 Å². The number of unbranched alkanes of at least 4 members (excludes halogenated alkanes) is 1. The first kappa shape index (κ1) is 13.6. The van der Waals surface area contributed by atoms with Gasteiger partial charge in [0.15, 0.2) is 0 Å². The highest BCUT2D eigenvalue weighted by molar-refractivity contribution is 7.99. The molecule has 0 aliphatic heterocycles. The van der Waals surface area contributed by atoms with Crippen LogP contribution in [0.2, 0.25) is 5.02 Å². The van der Waals surface area contributed by atoms with Crippen LogP contribution in [-0.4, -0.2) is 11.8 Å². The number of nitrogens with two attached hydrogens (primary N) is 1. The Labute approximate surface area is 107 Å². The van der Waals surface area contributed by atoms with Crippen molar-refractivity contribution in [3.8, 4) is 0 Å². The van der Waals surface area contributed by atoms with E-state index in [9.17, 15) is 0 Å². The highest BCUT2D eigenvalue weighted by atomic mass is 35.5. The van der Waals surface area contributed by atoms with Gasteiger partial charge < -0.3 is 5.73 Å². The maximum absolute atomic E-state index is 6.01. The molecule has 0 spiro atoms. The van der Waals surface area contributed by atoms with Crippen LogP contribution in [-0.2, 0) is 0 Å². The first-order valence-corrected chi connectivity index (χ1v) is 6.83. The van der Waals surface area contributed by atoms with Gasteiger partial charge in [0.25, 0.3) is 0 Å². The molecule has 0 saturated carbocycles. The van der Waals surface area contributed by atoms with Gasteiger partial charge in [-0.25, -0.2) is 0 Å². The smallest absolute Gasteiger partial charge is 0.0406 e. The molecule has 0 amide bonds. The third-order valence-corrected chi connectivity index (χ3v) is 3.71. The van der Waals surface area contributed by atoms with E-state index in [1.54, 1.807) is 11.8 Å². The summed E-state index contributed by atoms with van der Waals surface area (Å²) in [5, 5.41) is 0.777. The van der Waals surface area contributed by atoms with Gasteiger partial charge in [0, 0.05) is 21.7 Å². The number of rotatable bonds is 7. The predicted molar refractivity (Wildman–Crippen MR) is 74.2 cm³/mol. The first-order chi connectivity index (χ1) is 7.72. The standard InChI is InChI=1S/C13H18ClNS/c1-2-3-4-5-12(15)10-16-13-8-6-11(14)7-9-13/h2,6-9,12H,1,3-5,10,15H2. The summed E-state index contributed by atoms with van der Waals surface area (Å²) in [5.74, 6) is 0.957. The van der Waals surface area contributed by atoms with Gasteiger partial charge in [0.05, 0.1) is 0 Å². The lowest BCUT2D eigenvalue weighted by Gasteiger charge is -2.10. The van der Waals surface area contributed by atoms with E-state index in [1.165, 1.54) is 4.90 Å². The van der Waals surface area contributed by atoms with Gasteiger partial charge in [0.1, 0.15) is 0 Å². The van der Waals surface area contributed by atoms with Crippen molar-refractivity contribution in [1.82, 2.24) is 0 Å². The first-order valence-electron chi connectivity index (χ1n) is 5.47. The molecule has 0 radical (unpaired) electrons. The minimum Gasteiger partial charge on any atom is -0.327 e. The van der Waals surface area contributed by atoms with Crippen LogP contribution in [0.4, 0.5) is 0 Å². The van der Waals surface area contributed by atoms with Crippen LogP contribution in [0.5, 0.6) is 0 Å².